The Labute approximate surface area is 260 Å². The van der Waals surface area contributed by atoms with Crippen LogP contribution < -0.4 is 29.6 Å². The molecule has 200 valence electrons. The van der Waals surface area contributed by atoms with Crippen molar-refractivity contribution in [3.8, 4) is 28.0 Å². The molecule has 0 aliphatic heterocycles. The van der Waals surface area contributed by atoms with Crippen LogP contribution in [0, 0.1) is 0 Å². The fourth-order valence-electron chi connectivity index (χ4n) is 5.14. The number of halogens is 2. The Morgan fingerprint density at radius 2 is 1.31 bits per heavy atom. The van der Waals surface area contributed by atoms with Crippen LogP contribution in [0.1, 0.15) is 25.0 Å². The minimum atomic E-state index is -1.68. The molecule has 0 amide bonds. The summed E-state index contributed by atoms with van der Waals surface area (Å²) < 4.78 is 14.0. The fraction of sp³-hybridized carbons (Fsp3) is 0.212. The van der Waals surface area contributed by atoms with Crippen LogP contribution in [0.2, 0.25) is 19.6 Å². The molecule has 1 aliphatic carbocycles. The Morgan fingerprint density at radius 3 is 1.90 bits per heavy atom. The molecule has 0 saturated carbocycles. The van der Waals surface area contributed by atoms with Gasteiger partial charge in [0, 0.05) is 0 Å². The molecule has 0 saturated heterocycles. The monoisotopic (exact) mass is 649 g/mol. The van der Waals surface area contributed by atoms with Crippen molar-refractivity contribution in [2.24, 2.45) is 0 Å². The van der Waals surface area contributed by atoms with Crippen molar-refractivity contribution in [2.45, 2.75) is 39.9 Å². The molecule has 6 rings (SSSR count). The first-order valence-electron chi connectivity index (χ1n) is 12.8. The molecule has 0 radical (unpaired) electrons. The molecule has 0 spiro atoms. The number of benzene rings is 4. The van der Waals surface area contributed by atoms with Crippen LogP contribution in [0.25, 0.3) is 43.8 Å². The average molecular weight is 652 g/mol. The molecule has 0 aromatic heterocycles. The first kappa shape index (κ1) is 31.6. The van der Waals surface area contributed by atoms with E-state index in [1.807, 2.05) is 0 Å². The van der Waals surface area contributed by atoms with E-state index in [0.29, 0.717) is 0 Å². The van der Waals surface area contributed by atoms with E-state index in [0.717, 1.165) is 12.2 Å². The Morgan fingerprint density at radius 1 is 0.769 bits per heavy atom. The van der Waals surface area contributed by atoms with E-state index in [-0.39, 0.29) is 31.6 Å². The number of ether oxygens (including phenoxy) is 1. The molecule has 0 N–H and O–H groups in total. The van der Waals surface area contributed by atoms with Gasteiger partial charge < -0.3 is 34.0 Å². The molecule has 6 heteroatoms. The van der Waals surface area contributed by atoms with Crippen molar-refractivity contribution in [3.63, 3.8) is 0 Å². The molecule has 39 heavy (non-hydrogen) atoms. The van der Waals surface area contributed by atoms with Gasteiger partial charge in [0.05, 0.1) is 5.75 Å². The normalized spacial score (nSPS) is 11.6. The Hall–Kier alpha value is -1.94. The number of rotatable bonds is 5. The van der Waals surface area contributed by atoms with Crippen LogP contribution in [0.5, 0.6) is 5.75 Å². The van der Waals surface area contributed by atoms with Gasteiger partial charge in [0.15, 0.2) is 15.1 Å². The van der Waals surface area contributed by atoms with Crippen molar-refractivity contribution in [1.82, 2.24) is 0 Å². The molecule has 2 nitrogen and oxygen atoms in total. The molecule has 5 aromatic carbocycles. The molecule has 1 aliphatic rings. The third-order valence-corrected chi connectivity index (χ3v) is 7.57. The second kappa shape index (κ2) is 13.1. The largest absolute Gasteiger partial charge is 1.00 e. The molecule has 0 fully saturated rings. The summed E-state index contributed by atoms with van der Waals surface area (Å²) in [6.07, 6.45) is 0.917. The number of fused-ring (bicyclic) bond motifs is 6. The predicted molar refractivity (Wildman–Crippen MR) is 157 cm³/mol. The first-order chi connectivity index (χ1) is 17.7. The van der Waals surface area contributed by atoms with E-state index in [2.05, 4.69) is 118 Å². The summed E-state index contributed by atoms with van der Waals surface area (Å²) in [5, 5.41) is 5.14. The van der Waals surface area contributed by atoms with E-state index in [1.54, 1.807) is 24.2 Å². The van der Waals surface area contributed by atoms with E-state index in [1.165, 1.54) is 58.1 Å². The van der Waals surface area contributed by atoms with E-state index >= 15 is 0 Å². The summed E-state index contributed by atoms with van der Waals surface area (Å²) in [5.74, 6) is 0.904. The summed E-state index contributed by atoms with van der Waals surface area (Å²) in [6.45, 7) is 11.1. The zero-order valence-electron chi connectivity index (χ0n) is 23.1. The second-order valence-corrected chi connectivity index (χ2v) is 17.8. The second-order valence-electron chi connectivity index (χ2n) is 10.8. The van der Waals surface area contributed by atoms with E-state index in [4.69, 9.17) is 9.16 Å². The van der Waals surface area contributed by atoms with Crippen LogP contribution >= 0.6 is 0 Å². The van der Waals surface area contributed by atoms with E-state index < -0.39 is 8.32 Å². The average Bonchev–Trinajstić information content (AvgIpc) is 3.39. The molecule has 0 atom stereocenters. The van der Waals surface area contributed by atoms with Gasteiger partial charge >= 0.3 is 41.3 Å². The van der Waals surface area contributed by atoms with Gasteiger partial charge in [-0.3, -0.25) is 0 Å². The van der Waals surface area contributed by atoms with Crippen LogP contribution in [0.15, 0.2) is 84.9 Å². The number of hydrogen-bond acceptors (Lipinski definition) is 2. The summed E-state index contributed by atoms with van der Waals surface area (Å²) >= 11 is 1.55. The third kappa shape index (κ3) is 6.69. The number of hydrogen-bond donors (Lipinski definition) is 0. The van der Waals surface area contributed by atoms with Gasteiger partial charge in [0.1, 0.15) is 0 Å². The first-order valence-corrected chi connectivity index (χ1v) is 17.5. The maximum absolute atomic E-state index is 6.37. The van der Waals surface area contributed by atoms with E-state index in [9.17, 15) is 0 Å². The minimum absolute atomic E-state index is 0. The molecule has 5 aromatic rings. The van der Waals surface area contributed by atoms with Gasteiger partial charge in [-0.1, -0.05) is 112 Å². The smallest absolute Gasteiger partial charge is 0.188 e. The standard InChI is InChI=1S/C30H27O2Si.C3H6.2ClH.Zr/c1-33(2,3)32-19-31-28-17-16-24-21-11-5-4-10-20(21)18-27(24)30(28)29-25-14-8-6-12-22(25)23-13-7-9-15-26(23)29;1-3-2;;;/h4-17H,18-19H2,1-3H3;1-2H3;2*1H;/q-1;;;;+2/p-2. The molecule has 0 bridgehead atoms. The van der Waals surface area contributed by atoms with Crippen molar-refractivity contribution < 1.29 is 58.2 Å². The summed E-state index contributed by atoms with van der Waals surface area (Å²) in [4.78, 5) is 0. The SMILES string of the molecule is C[C](C)=[Zr+2].C[Si](C)(C)OCOc1ccc2c(c1-[c-]1c3ccccc3c3ccccc31)Cc1ccccc1-2.[Cl-].[Cl-]. The predicted octanol–water partition coefficient (Wildman–Crippen LogP) is 2.89. The maximum atomic E-state index is 6.37. The molecular weight excluding hydrogens is 619 g/mol. The van der Waals surface area contributed by atoms with Gasteiger partial charge in [-0.05, 0) is 54.4 Å². The van der Waals surface area contributed by atoms with Crippen LogP contribution in [0.4, 0.5) is 0 Å². The van der Waals surface area contributed by atoms with Gasteiger partial charge in [-0.25, -0.2) is 0 Å². The van der Waals surface area contributed by atoms with Crippen molar-refractivity contribution in [1.29, 1.82) is 0 Å². The van der Waals surface area contributed by atoms with Crippen molar-refractivity contribution >= 4 is 33.1 Å². The third-order valence-electron chi connectivity index (χ3n) is 6.59. The Balaban J connectivity index is 0.000000658. The molecule has 0 heterocycles. The maximum Gasteiger partial charge on any atom is 0.188 e. The van der Waals surface area contributed by atoms with Crippen LogP contribution in [-0.2, 0) is 35.1 Å². The van der Waals surface area contributed by atoms with Crippen LogP contribution in [0.3, 0.4) is 0 Å². The van der Waals surface area contributed by atoms with Gasteiger partial charge in [-0.2, -0.15) is 0 Å². The topological polar surface area (TPSA) is 18.5 Å². The van der Waals surface area contributed by atoms with Crippen molar-refractivity contribution in [2.75, 3.05) is 6.79 Å². The van der Waals surface area contributed by atoms with Crippen LogP contribution in [-0.4, -0.2) is 18.3 Å². The van der Waals surface area contributed by atoms with Gasteiger partial charge in [0.25, 0.3) is 0 Å². The Bertz CT molecular complexity index is 1560. The summed E-state index contributed by atoms with van der Waals surface area (Å²) in [7, 11) is -1.68. The Kier molecular flexibility index (Phi) is 10.6. The minimum Gasteiger partial charge on any atom is -1.00 e. The van der Waals surface area contributed by atoms with Gasteiger partial charge in [0.2, 0.25) is 0 Å². The quantitative estimate of drug-likeness (QED) is 0.162. The molecular formula is C33H33Cl2O2SiZr-. The zero-order valence-corrected chi connectivity index (χ0v) is 28.0. The summed E-state index contributed by atoms with van der Waals surface area (Å²) in [6, 6.07) is 30.6. The summed E-state index contributed by atoms with van der Waals surface area (Å²) in [5.41, 5.74) is 7.86. The zero-order chi connectivity index (χ0) is 26.2. The molecule has 0 unspecified atom stereocenters. The van der Waals surface area contributed by atoms with Gasteiger partial charge in [-0.15, -0.1) is 0 Å². The fourth-order valence-corrected chi connectivity index (χ4v) is 5.55. The van der Waals surface area contributed by atoms with Crippen molar-refractivity contribution in [3.05, 3.63) is 96.1 Å².